The summed E-state index contributed by atoms with van der Waals surface area (Å²) in [5, 5.41) is -0.578. The number of nitrogens with zero attached hydrogens (tertiary/aromatic N) is 1. The number of sulfone groups is 1. The van der Waals surface area contributed by atoms with Gasteiger partial charge in [-0.05, 0) is 48.9 Å². The van der Waals surface area contributed by atoms with Crippen LogP contribution in [0.3, 0.4) is 0 Å². The van der Waals surface area contributed by atoms with Gasteiger partial charge in [-0.1, -0.05) is 24.3 Å². The molecule has 1 aliphatic carbocycles. The first-order valence-electron chi connectivity index (χ1n) is 8.94. The maximum atomic E-state index is 13.4. The van der Waals surface area contributed by atoms with Gasteiger partial charge >= 0.3 is 0 Å². The van der Waals surface area contributed by atoms with Gasteiger partial charge in [0.1, 0.15) is 11.6 Å². The molecule has 0 spiro atoms. The molecule has 0 bridgehead atoms. The Kier molecular flexibility index (Phi) is 4.57. The van der Waals surface area contributed by atoms with Gasteiger partial charge in [0.15, 0.2) is 9.84 Å². The minimum Gasteiger partial charge on any atom is -0.296 e. The molecule has 138 valence electrons. The van der Waals surface area contributed by atoms with Crippen molar-refractivity contribution in [3.8, 4) is 0 Å². The van der Waals surface area contributed by atoms with E-state index in [9.17, 15) is 17.2 Å². The Morgan fingerprint density at radius 1 is 0.962 bits per heavy atom. The van der Waals surface area contributed by atoms with E-state index in [4.69, 9.17) is 0 Å². The van der Waals surface area contributed by atoms with Crippen molar-refractivity contribution >= 4 is 9.84 Å². The van der Waals surface area contributed by atoms with Gasteiger partial charge in [0.05, 0.1) is 10.1 Å². The lowest BCUT2D eigenvalue weighted by molar-refractivity contribution is 0.181. The first-order valence-corrected chi connectivity index (χ1v) is 10.5. The Bertz CT molecular complexity index is 909. The lowest BCUT2D eigenvalue weighted by Crippen LogP contribution is -2.38. The Hall–Kier alpha value is -1.79. The van der Waals surface area contributed by atoms with Crippen molar-refractivity contribution in [1.82, 2.24) is 4.90 Å². The van der Waals surface area contributed by atoms with Crippen LogP contribution in [0.4, 0.5) is 8.78 Å². The molecule has 1 fully saturated rings. The van der Waals surface area contributed by atoms with E-state index in [1.807, 2.05) is 12.1 Å². The average Bonchev–Trinajstić information content (AvgIpc) is 3.11. The van der Waals surface area contributed by atoms with Crippen LogP contribution in [0, 0.1) is 11.6 Å². The third kappa shape index (κ3) is 3.28. The van der Waals surface area contributed by atoms with Gasteiger partial charge < -0.3 is 0 Å². The molecule has 0 aromatic heterocycles. The summed E-state index contributed by atoms with van der Waals surface area (Å²) < 4.78 is 52.5. The van der Waals surface area contributed by atoms with Crippen LogP contribution in [0.25, 0.3) is 0 Å². The van der Waals surface area contributed by atoms with Gasteiger partial charge in [-0.25, -0.2) is 17.2 Å². The summed E-state index contributed by atoms with van der Waals surface area (Å²) in [6.07, 6.45) is 2.81. The van der Waals surface area contributed by atoms with E-state index in [0.29, 0.717) is 18.9 Å². The van der Waals surface area contributed by atoms with E-state index in [1.165, 1.54) is 11.1 Å². The van der Waals surface area contributed by atoms with Gasteiger partial charge in [0.25, 0.3) is 0 Å². The molecule has 1 aliphatic heterocycles. The fraction of sp³-hybridized carbons (Fsp3) is 0.400. The highest BCUT2D eigenvalue weighted by molar-refractivity contribution is 7.92. The predicted octanol–water partition coefficient (Wildman–Crippen LogP) is 3.72. The fourth-order valence-electron chi connectivity index (χ4n) is 4.25. The minimum absolute atomic E-state index is 0.196. The molecule has 6 heteroatoms. The van der Waals surface area contributed by atoms with Gasteiger partial charge in [0, 0.05) is 25.2 Å². The van der Waals surface area contributed by atoms with E-state index < -0.39 is 26.7 Å². The number of halogens is 2. The molecule has 0 N–H and O–H groups in total. The fourth-order valence-corrected chi connectivity index (χ4v) is 6.11. The van der Waals surface area contributed by atoms with Gasteiger partial charge in [-0.3, -0.25) is 4.90 Å². The van der Waals surface area contributed by atoms with Crippen LogP contribution in [-0.2, 0) is 22.8 Å². The third-order valence-electron chi connectivity index (χ3n) is 5.64. The molecule has 0 radical (unpaired) electrons. The molecule has 1 saturated carbocycles. The van der Waals surface area contributed by atoms with Crippen LogP contribution < -0.4 is 0 Å². The molecule has 26 heavy (non-hydrogen) atoms. The first kappa shape index (κ1) is 17.6. The molecule has 2 aromatic carbocycles. The van der Waals surface area contributed by atoms with E-state index in [2.05, 4.69) is 17.0 Å². The van der Waals surface area contributed by atoms with Crippen molar-refractivity contribution < 1.29 is 17.2 Å². The van der Waals surface area contributed by atoms with Crippen molar-refractivity contribution in [2.45, 2.75) is 48.4 Å². The second-order valence-electron chi connectivity index (χ2n) is 7.23. The van der Waals surface area contributed by atoms with Crippen molar-refractivity contribution in [3.05, 3.63) is 65.2 Å². The SMILES string of the molecule is O=S(=O)(c1cc(F)cc(F)c1)[C@@H]1CC[C@@H](N2CCc3ccccc3C2)C1. The van der Waals surface area contributed by atoms with Gasteiger partial charge in [-0.2, -0.15) is 0 Å². The smallest absolute Gasteiger partial charge is 0.181 e. The lowest BCUT2D eigenvalue weighted by Gasteiger charge is -2.33. The van der Waals surface area contributed by atoms with Crippen LogP contribution in [-0.4, -0.2) is 31.2 Å². The van der Waals surface area contributed by atoms with Crippen LogP contribution in [0.5, 0.6) is 0 Å². The first-order chi connectivity index (χ1) is 12.4. The Labute approximate surface area is 152 Å². The maximum Gasteiger partial charge on any atom is 0.181 e. The van der Waals surface area contributed by atoms with Crippen LogP contribution in [0.2, 0.25) is 0 Å². The number of hydrogen-bond donors (Lipinski definition) is 0. The molecule has 2 atom stereocenters. The Morgan fingerprint density at radius 3 is 2.38 bits per heavy atom. The normalized spacial score (nSPS) is 23.8. The maximum absolute atomic E-state index is 13.4. The Balaban J connectivity index is 1.50. The van der Waals surface area contributed by atoms with Gasteiger partial charge in [0.2, 0.25) is 0 Å². The van der Waals surface area contributed by atoms with Crippen LogP contribution in [0.15, 0.2) is 47.4 Å². The summed E-state index contributed by atoms with van der Waals surface area (Å²) in [7, 11) is -3.72. The quantitative estimate of drug-likeness (QED) is 0.818. The second-order valence-corrected chi connectivity index (χ2v) is 9.46. The van der Waals surface area contributed by atoms with Crippen molar-refractivity contribution in [2.24, 2.45) is 0 Å². The Morgan fingerprint density at radius 2 is 1.65 bits per heavy atom. The zero-order chi connectivity index (χ0) is 18.3. The molecule has 4 rings (SSSR count). The topological polar surface area (TPSA) is 37.4 Å². The predicted molar refractivity (Wildman–Crippen MR) is 95.5 cm³/mol. The second kappa shape index (κ2) is 6.74. The number of rotatable bonds is 3. The summed E-state index contributed by atoms with van der Waals surface area (Å²) in [5.41, 5.74) is 2.67. The summed E-state index contributed by atoms with van der Waals surface area (Å²) in [5.74, 6) is -1.71. The van der Waals surface area contributed by atoms with Crippen molar-refractivity contribution in [3.63, 3.8) is 0 Å². The largest absolute Gasteiger partial charge is 0.296 e. The lowest BCUT2D eigenvalue weighted by atomic mass is 9.98. The van der Waals surface area contributed by atoms with Crippen LogP contribution in [0.1, 0.15) is 30.4 Å². The zero-order valence-corrected chi connectivity index (χ0v) is 15.2. The monoisotopic (exact) mass is 377 g/mol. The summed E-state index contributed by atoms with van der Waals surface area (Å²) in [6.45, 7) is 1.76. The van der Waals surface area contributed by atoms with E-state index in [1.54, 1.807) is 0 Å². The number of hydrogen-bond acceptors (Lipinski definition) is 3. The van der Waals surface area contributed by atoms with E-state index in [-0.39, 0.29) is 10.9 Å². The zero-order valence-electron chi connectivity index (χ0n) is 14.4. The highest BCUT2D eigenvalue weighted by Crippen LogP contribution is 2.35. The van der Waals surface area contributed by atoms with E-state index >= 15 is 0 Å². The minimum atomic E-state index is -3.72. The molecule has 1 heterocycles. The number of fused-ring (bicyclic) bond motifs is 1. The molecular weight excluding hydrogens is 356 g/mol. The van der Waals surface area contributed by atoms with Crippen LogP contribution >= 0.6 is 0 Å². The average molecular weight is 377 g/mol. The molecule has 3 nitrogen and oxygen atoms in total. The molecule has 0 amide bonds. The summed E-state index contributed by atoms with van der Waals surface area (Å²) >= 11 is 0. The highest BCUT2D eigenvalue weighted by atomic mass is 32.2. The molecule has 0 saturated heterocycles. The summed E-state index contributed by atoms with van der Waals surface area (Å²) in [4.78, 5) is 2.11. The molecule has 2 aromatic rings. The molecule has 0 unspecified atom stereocenters. The summed E-state index contributed by atoms with van der Waals surface area (Å²) in [6, 6.07) is 11.1. The van der Waals surface area contributed by atoms with Crippen molar-refractivity contribution in [1.29, 1.82) is 0 Å². The highest BCUT2D eigenvalue weighted by Gasteiger charge is 2.38. The molecule has 2 aliphatic rings. The number of benzene rings is 2. The van der Waals surface area contributed by atoms with Gasteiger partial charge in [-0.15, -0.1) is 0 Å². The van der Waals surface area contributed by atoms with Crippen molar-refractivity contribution in [2.75, 3.05) is 6.54 Å². The third-order valence-corrected chi connectivity index (χ3v) is 7.84. The molecular formula is C20H21F2NO2S. The standard InChI is InChI=1S/C20H21F2NO2S/c21-16-9-17(22)11-20(10-16)26(24,25)19-6-5-18(12-19)23-8-7-14-3-1-2-4-15(14)13-23/h1-4,9-11,18-19H,5-8,12-13H2/t18-,19-/m1/s1. The van der Waals surface area contributed by atoms with E-state index in [0.717, 1.165) is 38.1 Å².